The molecule has 1 amide bonds. The lowest BCUT2D eigenvalue weighted by Gasteiger charge is -2.33. The van der Waals surface area contributed by atoms with Crippen LogP contribution in [-0.4, -0.2) is 103 Å². The third-order valence-electron chi connectivity index (χ3n) is 7.27. The van der Waals surface area contributed by atoms with E-state index < -0.39 is 6.10 Å². The van der Waals surface area contributed by atoms with Crippen LogP contribution in [0, 0.1) is 11.3 Å². The molecule has 1 fully saturated rings. The van der Waals surface area contributed by atoms with Crippen LogP contribution in [0.3, 0.4) is 0 Å². The summed E-state index contributed by atoms with van der Waals surface area (Å²) in [6.07, 6.45) is 8.12. The number of amides is 1. The van der Waals surface area contributed by atoms with Gasteiger partial charge in [0, 0.05) is 83.1 Å². The number of benzene rings is 1. The first-order valence-electron chi connectivity index (χ1n) is 14.0. The Balaban J connectivity index is 1.46. The fourth-order valence-electron chi connectivity index (χ4n) is 4.95. The monoisotopic (exact) mass is 561 g/mol. The Morgan fingerprint density at radius 2 is 1.98 bits per heavy atom. The minimum atomic E-state index is -1.00. The van der Waals surface area contributed by atoms with Gasteiger partial charge in [0.1, 0.15) is 29.7 Å². The van der Waals surface area contributed by atoms with Crippen molar-refractivity contribution >= 4 is 23.0 Å². The van der Waals surface area contributed by atoms with E-state index in [1.54, 1.807) is 19.1 Å². The quantitative estimate of drug-likeness (QED) is 0.325. The predicted molar refractivity (Wildman–Crippen MR) is 157 cm³/mol. The Labute approximate surface area is 241 Å². The first kappa shape index (κ1) is 30.2. The van der Waals surface area contributed by atoms with Crippen molar-refractivity contribution < 1.29 is 24.1 Å². The number of pyridine rings is 1. The number of methoxy groups -OCH3 is 2. The minimum absolute atomic E-state index is 0.0995. The van der Waals surface area contributed by atoms with Gasteiger partial charge in [-0.25, -0.2) is 4.98 Å². The number of aliphatic hydroxyl groups excluding tert-OH is 1. The highest BCUT2D eigenvalue weighted by Gasteiger charge is 2.26. The van der Waals surface area contributed by atoms with Crippen LogP contribution in [0.4, 0.5) is 0 Å². The summed E-state index contributed by atoms with van der Waals surface area (Å²) in [4.78, 5) is 23.8. The number of carbonyl (C=O) groups is 1. The highest BCUT2D eigenvalue weighted by Crippen LogP contribution is 2.33. The summed E-state index contributed by atoms with van der Waals surface area (Å²) in [5.41, 5.74) is 4.06. The van der Waals surface area contributed by atoms with E-state index in [1.807, 2.05) is 30.6 Å². The van der Waals surface area contributed by atoms with Gasteiger partial charge in [-0.05, 0) is 36.2 Å². The summed E-state index contributed by atoms with van der Waals surface area (Å²) in [6, 6.07) is 10.0. The highest BCUT2D eigenvalue weighted by molar-refractivity contribution is 5.95. The molecule has 1 aliphatic rings. The van der Waals surface area contributed by atoms with Crippen molar-refractivity contribution in [2.75, 3.05) is 60.2 Å². The molecule has 0 radical (unpaired) electrons. The van der Waals surface area contributed by atoms with Gasteiger partial charge in [-0.15, -0.1) is 0 Å². The second-order valence-electron chi connectivity index (χ2n) is 10.2. The van der Waals surface area contributed by atoms with Gasteiger partial charge in [0.2, 0.25) is 0 Å². The lowest BCUT2D eigenvalue weighted by molar-refractivity contribution is -0.141. The van der Waals surface area contributed by atoms with Gasteiger partial charge in [-0.2, -0.15) is 5.26 Å². The van der Waals surface area contributed by atoms with Crippen molar-refractivity contribution in [2.24, 2.45) is 0 Å². The van der Waals surface area contributed by atoms with E-state index >= 15 is 0 Å². The van der Waals surface area contributed by atoms with Crippen LogP contribution in [0.2, 0.25) is 0 Å². The van der Waals surface area contributed by atoms with Crippen molar-refractivity contribution in [3.8, 4) is 22.9 Å². The van der Waals surface area contributed by atoms with Gasteiger partial charge in [0.25, 0.3) is 5.91 Å². The van der Waals surface area contributed by atoms with Crippen LogP contribution < -0.4 is 4.74 Å². The summed E-state index contributed by atoms with van der Waals surface area (Å²) in [6.45, 7) is 6.27. The fraction of sp³-hybridized carbons (Fsp3) is 0.452. The number of piperidine rings is 1. The Hall–Kier alpha value is -3.75. The van der Waals surface area contributed by atoms with Crippen LogP contribution in [0.15, 0.2) is 42.7 Å². The maximum absolute atomic E-state index is 12.0. The van der Waals surface area contributed by atoms with Crippen molar-refractivity contribution in [3.63, 3.8) is 0 Å². The van der Waals surface area contributed by atoms with Gasteiger partial charge in [-0.1, -0.05) is 18.2 Å². The Morgan fingerprint density at radius 3 is 2.63 bits per heavy atom. The normalized spacial score (nSPS) is 15.1. The van der Waals surface area contributed by atoms with Crippen molar-refractivity contribution in [1.82, 2.24) is 19.8 Å². The Bertz CT molecular complexity index is 1360. The number of likely N-dealkylation sites (tertiary alicyclic amines) is 1. The number of nitrogens with zero attached hydrogens (tertiary/aromatic N) is 4. The first-order valence-corrected chi connectivity index (χ1v) is 14.0. The van der Waals surface area contributed by atoms with E-state index in [2.05, 4.69) is 39.2 Å². The van der Waals surface area contributed by atoms with E-state index in [9.17, 15) is 15.2 Å². The summed E-state index contributed by atoms with van der Waals surface area (Å²) in [7, 11) is 3.41. The number of H-pyrrole nitrogens is 1. The first-order chi connectivity index (χ1) is 19.9. The second kappa shape index (κ2) is 14.8. The maximum atomic E-state index is 12.0. The Kier molecular flexibility index (Phi) is 10.9. The summed E-state index contributed by atoms with van der Waals surface area (Å²) >= 11 is 0. The fourth-order valence-corrected chi connectivity index (χ4v) is 4.95. The lowest BCUT2D eigenvalue weighted by atomic mass is 10.0. The van der Waals surface area contributed by atoms with Crippen molar-refractivity contribution in [1.29, 1.82) is 5.26 Å². The number of hydrogen-bond acceptors (Lipinski definition) is 8. The topological polar surface area (TPSA) is 124 Å². The maximum Gasteiger partial charge on any atom is 0.251 e. The zero-order valence-electron chi connectivity index (χ0n) is 24.0. The number of carbonyl (C=O) groups excluding carboxylic acids is 1. The average Bonchev–Trinajstić information content (AvgIpc) is 3.41. The van der Waals surface area contributed by atoms with Crippen LogP contribution in [0.5, 0.6) is 5.75 Å². The van der Waals surface area contributed by atoms with Gasteiger partial charge >= 0.3 is 0 Å². The lowest BCUT2D eigenvalue weighted by Crippen LogP contribution is -2.45. The zero-order valence-corrected chi connectivity index (χ0v) is 24.0. The van der Waals surface area contributed by atoms with Crippen LogP contribution in [0.1, 0.15) is 30.9 Å². The molecule has 10 heteroatoms. The molecule has 1 aromatic carbocycles. The predicted octanol–water partition coefficient (Wildman–Crippen LogP) is 3.46. The molecular formula is C31H39N5O5. The number of aliphatic hydroxyl groups is 1. The van der Waals surface area contributed by atoms with Crippen LogP contribution >= 0.6 is 0 Å². The Morgan fingerprint density at radius 1 is 1.24 bits per heavy atom. The number of hydrogen-bond donors (Lipinski definition) is 2. The summed E-state index contributed by atoms with van der Waals surface area (Å²) in [5, 5.41) is 20.4. The molecule has 0 saturated carbocycles. The van der Waals surface area contributed by atoms with Gasteiger partial charge in [0.05, 0.1) is 18.8 Å². The smallest absolute Gasteiger partial charge is 0.251 e. The van der Waals surface area contributed by atoms with Crippen LogP contribution in [0.25, 0.3) is 28.2 Å². The van der Waals surface area contributed by atoms with Gasteiger partial charge in [-0.3, -0.25) is 9.69 Å². The molecule has 0 bridgehead atoms. The zero-order chi connectivity index (χ0) is 29.2. The molecule has 41 heavy (non-hydrogen) atoms. The number of aromatic amines is 1. The third-order valence-corrected chi connectivity index (χ3v) is 7.27. The molecule has 0 aliphatic carbocycles. The number of rotatable bonds is 13. The van der Waals surface area contributed by atoms with E-state index in [1.165, 1.54) is 6.92 Å². The highest BCUT2D eigenvalue weighted by atomic mass is 16.5. The molecule has 1 saturated heterocycles. The summed E-state index contributed by atoms with van der Waals surface area (Å²) in [5.74, 6) is 0.271. The number of nitriles is 1. The molecular weight excluding hydrogens is 522 g/mol. The van der Waals surface area contributed by atoms with Crippen molar-refractivity contribution in [3.05, 3.63) is 53.9 Å². The number of nitrogens with one attached hydrogen (secondary N) is 1. The summed E-state index contributed by atoms with van der Waals surface area (Å²) < 4.78 is 16.6. The molecule has 1 aliphatic heterocycles. The van der Waals surface area contributed by atoms with E-state index in [0.717, 1.165) is 47.4 Å². The van der Waals surface area contributed by atoms with E-state index in [4.69, 9.17) is 14.2 Å². The molecule has 2 N–H and O–H groups in total. The SMILES string of the molecule is COCCN(C/C=C/c1cnc2[nH]cc(-c3ccc(OC4CCN(C(=O)[C@H](C)O)CC4)c(C#N)c3)c2c1)CCOC. The van der Waals surface area contributed by atoms with Crippen molar-refractivity contribution in [2.45, 2.75) is 32.0 Å². The van der Waals surface area contributed by atoms with Gasteiger partial charge in [0.15, 0.2) is 0 Å². The molecule has 10 nitrogen and oxygen atoms in total. The molecule has 0 spiro atoms. The van der Waals surface area contributed by atoms with Crippen LogP contribution in [-0.2, 0) is 14.3 Å². The van der Waals surface area contributed by atoms with Gasteiger partial charge < -0.3 is 29.2 Å². The average molecular weight is 562 g/mol. The second-order valence-corrected chi connectivity index (χ2v) is 10.2. The standard InChI is InChI=1S/C31H39N5O5/c1-22(37)31(38)36-11-8-26(9-12-36)41-29-7-6-24(18-25(29)19-32)28-21-34-30-27(28)17-23(20-33-30)5-4-10-35(13-15-39-2)14-16-40-3/h4-7,17-18,20-22,26,37H,8-16H2,1-3H3,(H,33,34)/b5-4+/t22-/m0/s1. The van der Waals surface area contributed by atoms with E-state index in [0.29, 0.717) is 50.5 Å². The minimum Gasteiger partial charge on any atom is -0.489 e. The largest absolute Gasteiger partial charge is 0.489 e. The number of fused-ring (bicyclic) bond motifs is 1. The van der Waals surface area contributed by atoms with E-state index in [-0.39, 0.29) is 12.0 Å². The molecule has 218 valence electrons. The molecule has 0 unspecified atom stereocenters. The third kappa shape index (κ3) is 7.93. The molecule has 1 atom stereocenters. The number of aromatic nitrogens is 2. The molecule has 4 rings (SSSR count). The number of ether oxygens (including phenoxy) is 3. The molecule has 3 aromatic rings. The molecule has 2 aromatic heterocycles. The molecule has 3 heterocycles.